The van der Waals surface area contributed by atoms with Gasteiger partial charge in [0, 0.05) is 12.3 Å². The van der Waals surface area contributed by atoms with Crippen molar-refractivity contribution in [3.8, 4) is 0 Å². The summed E-state index contributed by atoms with van der Waals surface area (Å²) < 4.78 is 5.62. The molecule has 0 radical (unpaired) electrons. The van der Waals surface area contributed by atoms with E-state index in [1.54, 1.807) is 0 Å². The highest BCUT2D eigenvalue weighted by Gasteiger charge is 2.35. The third-order valence-electron chi connectivity index (χ3n) is 4.03. The van der Waals surface area contributed by atoms with Crippen LogP contribution >= 0.6 is 0 Å². The van der Waals surface area contributed by atoms with Crippen LogP contribution in [-0.4, -0.2) is 20.9 Å². The number of imidazole rings is 1. The Morgan fingerprint density at radius 2 is 2.04 bits per heavy atom. The molecule has 1 atom stereocenters. The minimum absolute atomic E-state index is 0.328. The Morgan fingerprint density at radius 1 is 1.33 bits per heavy atom. The molecule has 0 spiro atoms. The number of nitrogen functional groups attached to an aromatic ring is 1. The number of benzene rings is 1. The van der Waals surface area contributed by atoms with E-state index < -0.39 is 5.60 Å². The first-order valence-electron chi connectivity index (χ1n) is 8.04. The van der Waals surface area contributed by atoms with E-state index in [1.807, 2.05) is 31.2 Å². The number of nitrogens with two attached hydrogens (primary N) is 1. The molecule has 0 amide bonds. The molecule has 0 fully saturated rings. The van der Waals surface area contributed by atoms with Crippen LogP contribution in [0.2, 0.25) is 0 Å². The van der Waals surface area contributed by atoms with Gasteiger partial charge in [-0.2, -0.15) is 0 Å². The van der Waals surface area contributed by atoms with E-state index in [1.165, 1.54) is 6.92 Å². The summed E-state index contributed by atoms with van der Waals surface area (Å²) in [6.07, 6.45) is 0.650. The maximum atomic E-state index is 11.6. The minimum atomic E-state index is -0.841. The van der Waals surface area contributed by atoms with Gasteiger partial charge in [-0.25, -0.2) is 9.97 Å². The summed E-state index contributed by atoms with van der Waals surface area (Å²) in [5.74, 6) is 0.966. The summed E-state index contributed by atoms with van der Waals surface area (Å²) in [6, 6.07) is 7.71. The highest BCUT2D eigenvalue weighted by atomic mass is 16.6. The molecule has 126 valence electrons. The van der Waals surface area contributed by atoms with Crippen LogP contribution in [-0.2, 0) is 15.1 Å². The monoisotopic (exact) mass is 326 g/mol. The van der Waals surface area contributed by atoms with Crippen molar-refractivity contribution >= 4 is 33.7 Å². The van der Waals surface area contributed by atoms with Gasteiger partial charge >= 0.3 is 5.97 Å². The van der Waals surface area contributed by atoms with Gasteiger partial charge < -0.3 is 15.5 Å². The normalized spacial score (nSPS) is 14.2. The lowest BCUT2D eigenvalue weighted by molar-refractivity contribution is -0.159. The fraction of sp³-hybridized carbons (Fsp3) is 0.389. The molecule has 2 heterocycles. The number of para-hydroxylation sites is 1. The Bertz CT molecular complexity index is 916. The molecule has 3 rings (SSSR count). The lowest BCUT2D eigenvalue weighted by atomic mass is 9.93. The summed E-state index contributed by atoms with van der Waals surface area (Å²) in [4.78, 5) is 24.0. The van der Waals surface area contributed by atoms with Gasteiger partial charge in [0.1, 0.15) is 16.9 Å². The number of aromatic nitrogens is 3. The number of aromatic amines is 1. The highest BCUT2D eigenvalue weighted by molar-refractivity contribution is 6.06. The quantitative estimate of drug-likeness (QED) is 0.715. The average Bonchev–Trinajstić information content (AvgIpc) is 2.92. The second-order valence-corrected chi connectivity index (χ2v) is 6.75. The number of fused-ring (bicyclic) bond motifs is 3. The molecule has 3 aromatic rings. The number of hydrogen-bond donors (Lipinski definition) is 2. The van der Waals surface area contributed by atoms with Crippen LogP contribution in [0.15, 0.2) is 24.3 Å². The molecular formula is C18H22N4O2. The summed E-state index contributed by atoms with van der Waals surface area (Å²) in [7, 11) is 0. The van der Waals surface area contributed by atoms with E-state index in [-0.39, 0.29) is 5.97 Å². The first-order chi connectivity index (χ1) is 11.3. The summed E-state index contributed by atoms with van der Waals surface area (Å²) in [5, 5.41) is 0.916. The number of carbonyl (C=O) groups excluding carboxylic acids is 1. The Hall–Kier alpha value is -2.63. The predicted octanol–water partition coefficient (Wildman–Crippen LogP) is 3.52. The maximum absolute atomic E-state index is 11.6. The summed E-state index contributed by atoms with van der Waals surface area (Å²) >= 11 is 0. The van der Waals surface area contributed by atoms with Gasteiger partial charge in [-0.3, -0.25) is 4.79 Å². The van der Waals surface area contributed by atoms with Gasteiger partial charge in [-0.05, 0) is 25.3 Å². The van der Waals surface area contributed by atoms with E-state index in [0.717, 1.165) is 16.4 Å². The third-order valence-corrected chi connectivity index (χ3v) is 4.03. The molecule has 24 heavy (non-hydrogen) atoms. The fourth-order valence-electron chi connectivity index (χ4n) is 3.24. The first kappa shape index (κ1) is 16.2. The molecule has 0 aliphatic heterocycles. The molecule has 6 heteroatoms. The molecule has 1 unspecified atom stereocenters. The number of esters is 1. The van der Waals surface area contributed by atoms with Crippen molar-refractivity contribution in [3.63, 3.8) is 0 Å². The van der Waals surface area contributed by atoms with Crippen LogP contribution in [0.25, 0.3) is 21.9 Å². The molecular weight excluding hydrogens is 304 g/mol. The zero-order chi connectivity index (χ0) is 17.5. The van der Waals surface area contributed by atoms with Gasteiger partial charge in [-0.1, -0.05) is 32.0 Å². The molecule has 3 N–H and O–H groups in total. The average molecular weight is 326 g/mol. The number of ether oxygens (including phenoxy) is 1. The highest BCUT2D eigenvalue weighted by Crippen LogP contribution is 2.34. The lowest BCUT2D eigenvalue weighted by Gasteiger charge is -2.28. The van der Waals surface area contributed by atoms with E-state index in [0.29, 0.717) is 29.5 Å². The van der Waals surface area contributed by atoms with Crippen molar-refractivity contribution in [2.24, 2.45) is 5.92 Å². The summed E-state index contributed by atoms with van der Waals surface area (Å²) in [6.45, 7) is 7.44. The van der Waals surface area contributed by atoms with Crippen molar-refractivity contribution < 1.29 is 9.53 Å². The largest absolute Gasteiger partial charge is 0.451 e. The number of anilines is 1. The van der Waals surface area contributed by atoms with E-state index in [2.05, 4.69) is 23.8 Å². The van der Waals surface area contributed by atoms with Crippen LogP contribution in [0.3, 0.4) is 0 Å². The number of hydrogen-bond acceptors (Lipinski definition) is 5. The Balaban J connectivity index is 2.23. The molecule has 0 saturated heterocycles. The molecule has 1 aromatic carbocycles. The topological polar surface area (TPSA) is 93.9 Å². The molecule has 0 saturated carbocycles. The number of pyridine rings is 1. The molecule has 2 aromatic heterocycles. The van der Waals surface area contributed by atoms with Crippen molar-refractivity contribution in [1.82, 2.24) is 15.0 Å². The number of H-pyrrole nitrogens is 1. The molecule has 0 aliphatic carbocycles. The first-order valence-corrected chi connectivity index (χ1v) is 8.04. The Labute approximate surface area is 140 Å². The number of nitrogens with one attached hydrogen (secondary N) is 1. The van der Waals surface area contributed by atoms with Crippen LogP contribution in [0, 0.1) is 5.92 Å². The smallest absolute Gasteiger partial charge is 0.303 e. The van der Waals surface area contributed by atoms with Crippen LogP contribution in [0.5, 0.6) is 0 Å². The molecule has 0 aliphatic rings. The van der Waals surface area contributed by atoms with Crippen molar-refractivity contribution in [2.45, 2.75) is 39.7 Å². The van der Waals surface area contributed by atoms with Crippen molar-refractivity contribution in [1.29, 1.82) is 0 Å². The second kappa shape index (κ2) is 5.78. The van der Waals surface area contributed by atoms with Gasteiger partial charge in [0.25, 0.3) is 0 Å². The third kappa shape index (κ3) is 2.79. The molecule has 0 bridgehead atoms. The van der Waals surface area contributed by atoms with E-state index in [4.69, 9.17) is 15.5 Å². The number of rotatable bonds is 4. The van der Waals surface area contributed by atoms with E-state index >= 15 is 0 Å². The fourth-order valence-corrected chi connectivity index (χ4v) is 3.24. The van der Waals surface area contributed by atoms with Crippen LogP contribution < -0.4 is 5.73 Å². The standard InChI is InChI=1S/C18H22N4O2/c1-10(2)9-18(4,24-11(3)23)17-21-14-12-7-5-6-8-13(12)20-16(19)15(14)22-17/h5-8,10H,9H2,1-4H3,(H2,19,20)(H,21,22). The van der Waals surface area contributed by atoms with E-state index in [9.17, 15) is 4.79 Å². The minimum Gasteiger partial charge on any atom is -0.451 e. The summed E-state index contributed by atoms with van der Waals surface area (Å²) in [5.41, 5.74) is 7.46. The van der Waals surface area contributed by atoms with Crippen molar-refractivity contribution in [2.75, 3.05) is 5.73 Å². The van der Waals surface area contributed by atoms with Crippen LogP contribution in [0.1, 0.15) is 39.9 Å². The zero-order valence-corrected chi connectivity index (χ0v) is 14.4. The van der Waals surface area contributed by atoms with Gasteiger partial charge in [-0.15, -0.1) is 0 Å². The number of carbonyl (C=O) groups is 1. The lowest BCUT2D eigenvalue weighted by Crippen LogP contribution is -2.31. The van der Waals surface area contributed by atoms with Crippen LogP contribution in [0.4, 0.5) is 5.82 Å². The SMILES string of the molecule is CC(=O)OC(C)(CC(C)C)c1nc2c([nH]1)c(N)nc1ccccc12. The van der Waals surface area contributed by atoms with Gasteiger partial charge in [0.15, 0.2) is 11.4 Å². The maximum Gasteiger partial charge on any atom is 0.303 e. The second-order valence-electron chi connectivity index (χ2n) is 6.75. The Morgan fingerprint density at radius 3 is 2.71 bits per heavy atom. The van der Waals surface area contributed by atoms with Gasteiger partial charge in [0.2, 0.25) is 0 Å². The van der Waals surface area contributed by atoms with Crippen molar-refractivity contribution in [3.05, 3.63) is 30.1 Å². The molecule has 6 nitrogen and oxygen atoms in total. The number of nitrogens with zero attached hydrogens (tertiary/aromatic N) is 2. The van der Waals surface area contributed by atoms with Gasteiger partial charge in [0.05, 0.1) is 5.52 Å². The zero-order valence-electron chi connectivity index (χ0n) is 14.4. The predicted molar refractivity (Wildman–Crippen MR) is 94.4 cm³/mol. The Kier molecular flexibility index (Phi) is 3.91.